The predicted molar refractivity (Wildman–Crippen MR) is 116 cm³/mol. The third-order valence-electron chi connectivity index (χ3n) is 5.18. The van der Waals surface area contributed by atoms with Crippen molar-refractivity contribution in [1.82, 2.24) is 14.9 Å². The van der Waals surface area contributed by atoms with Gasteiger partial charge in [0, 0.05) is 17.6 Å². The molecule has 5 nitrogen and oxygen atoms in total. The van der Waals surface area contributed by atoms with E-state index in [9.17, 15) is 9.59 Å². The van der Waals surface area contributed by atoms with Crippen LogP contribution in [-0.4, -0.2) is 26.8 Å². The van der Waals surface area contributed by atoms with Gasteiger partial charge in [0.1, 0.15) is 0 Å². The monoisotopic (exact) mass is 421 g/mol. The molecule has 1 heterocycles. The molecule has 1 amide bonds. The summed E-state index contributed by atoms with van der Waals surface area (Å²) in [4.78, 5) is 30.3. The number of carbonyl (C=O) groups excluding carboxylic acids is 1. The highest BCUT2D eigenvalue weighted by atomic mass is 35.5. The number of rotatable bonds is 6. The highest BCUT2D eigenvalue weighted by Gasteiger charge is 2.22. The number of fused-ring (bicyclic) bond motifs is 1. The second-order valence-electron chi connectivity index (χ2n) is 7.47. The molecule has 0 saturated heterocycles. The fraction of sp³-hybridized carbons (Fsp3) is 0.571. The maximum Gasteiger partial charge on any atom is 0.262 e. The van der Waals surface area contributed by atoms with Gasteiger partial charge in [0.05, 0.1) is 16.2 Å². The van der Waals surface area contributed by atoms with Crippen molar-refractivity contribution < 1.29 is 4.79 Å². The first-order chi connectivity index (χ1) is 13.5. The fourth-order valence-corrected chi connectivity index (χ4v) is 4.75. The minimum absolute atomic E-state index is 0.0142. The number of nitrogens with zero attached hydrogens (tertiary/aromatic N) is 2. The number of amides is 1. The molecule has 0 bridgehead atoms. The Morgan fingerprint density at radius 3 is 2.71 bits per heavy atom. The summed E-state index contributed by atoms with van der Waals surface area (Å²) >= 11 is 7.43. The molecule has 1 saturated carbocycles. The van der Waals surface area contributed by atoms with Crippen LogP contribution >= 0.6 is 23.4 Å². The van der Waals surface area contributed by atoms with Gasteiger partial charge >= 0.3 is 0 Å². The first-order valence-corrected chi connectivity index (χ1v) is 11.4. The van der Waals surface area contributed by atoms with E-state index >= 15 is 0 Å². The molecule has 1 aliphatic rings. The van der Waals surface area contributed by atoms with E-state index in [1.807, 2.05) is 13.8 Å². The summed E-state index contributed by atoms with van der Waals surface area (Å²) in [6.45, 7) is 4.47. The van der Waals surface area contributed by atoms with Gasteiger partial charge in [-0.1, -0.05) is 56.0 Å². The molecule has 1 fully saturated rings. The average molecular weight is 422 g/mol. The van der Waals surface area contributed by atoms with E-state index in [1.54, 1.807) is 22.8 Å². The van der Waals surface area contributed by atoms with E-state index < -0.39 is 0 Å². The van der Waals surface area contributed by atoms with E-state index in [4.69, 9.17) is 11.6 Å². The number of hydrogen-bond acceptors (Lipinski definition) is 4. The van der Waals surface area contributed by atoms with Crippen LogP contribution in [0.4, 0.5) is 0 Å². The molecule has 1 aliphatic carbocycles. The molecule has 7 heteroatoms. The van der Waals surface area contributed by atoms with Crippen molar-refractivity contribution in [3.05, 3.63) is 33.6 Å². The molecule has 0 radical (unpaired) electrons. The molecular formula is C21H28ClN3O2S. The van der Waals surface area contributed by atoms with Gasteiger partial charge in [0.15, 0.2) is 5.16 Å². The Bertz CT molecular complexity index is 891. The summed E-state index contributed by atoms with van der Waals surface area (Å²) in [7, 11) is 0. The minimum atomic E-state index is -0.324. The first kappa shape index (κ1) is 21.2. The summed E-state index contributed by atoms with van der Waals surface area (Å²) in [6, 6.07) is 5.39. The Labute approximate surface area is 175 Å². The SMILES string of the molecule is CCCn1c(S[C@H](C)C(=O)NC2CCCCCC2)nc2cc(Cl)ccc2c1=O. The molecule has 152 valence electrons. The standard InChI is InChI=1S/C21H28ClN3O2S/c1-3-12-25-20(27)17-11-10-15(22)13-18(17)24-21(25)28-14(2)19(26)23-16-8-6-4-5-7-9-16/h10-11,13-14,16H,3-9,12H2,1-2H3,(H,23,26)/t14-/m1/s1. The fourth-order valence-electron chi connectivity index (χ4n) is 3.64. The van der Waals surface area contributed by atoms with E-state index in [0.717, 1.165) is 19.3 Å². The molecular weight excluding hydrogens is 394 g/mol. The molecule has 2 aromatic rings. The van der Waals surface area contributed by atoms with E-state index in [0.29, 0.717) is 27.6 Å². The topological polar surface area (TPSA) is 64.0 Å². The summed E-state index contributed by atoms with van der Waals surface area (Å²) in [5.74, 6) is 0.0142. The molecule has 3 rings (SSSR count). The van der Waals surface area contributed by atoms with E-state index in [-0.39, 0.29) is 22.8 Å². The maximum absolute atomic E-state index is 12.9. The number of aromatic nitrogens is 2. The van der Waals surface area contributed by atoms with Crippen LogP contribution in [0, 0.1) is 0 Å². The second-order valence-corrected chi connectivity index (χ2v) is 9.21. The van der Waals surface area contributed by atoms with Crippen LogP contribution in [0.3, 0.4) is 0 Å². The van der Waals surface area contributed by atoms with Gasteiger partial charge in [0.2, 0.25) is 5.91 Å². The lowest BCUT2D eigenvalue weighted by atomic mass is 10.1. The van der Waals surface area contributed by atoms with Crippen LogP contribution < -0.4 is 10.9 Å². The van der Waals surface area contributed by atoms with Gasteiger partial charge < -0.3 is 5.32 Å². The summed E-state index contributed by atoms with van der Waals surface area (Å²) in [5, 5.41) is 4.54. The molecule has 1 aromatic heterocycles. The molecule has 1 N–H and O–H groups in total. The van der Waals surface area contributed by atoms with Gasteiger partial charge in [0.25, 0.3) is 5.56 Å². The molecule has 28 heavy (non-hydrogen) atoms. The van der Waals surface area contributed by atoms with Crippen LogP contribution in [0.2, 0.25) is 5.02 Å². The third-order valence-corrected chi connectivity index (χ3v) is 6.51. The van der Waals surface area contributed by atoms with Crippen molar-refractivity contribution in [2.24, 2.45) is 0 Å². The highest BCUT2D eigenvalue weighted by molar-refractivity contribution is 8.00. The quantitative estimate of drug-likeness (QED) is 0.414. The van der Waals surface area contributed by atoms with Gasteiger partial charge in [-0.15, -0.1) is 0 Å². The number of hydrogen-bond donors (Lipinski definition) is 1. The Hall–Kier alpha value is -1.53. The lowest BCUT2D eigenvalue weighted by molar-refractivity contribution is -0.121. The largest absolute Gasteiger partial charge is 0.352 e. The second kappa shape index (κ2) is 9.79. The number of benzene rings is 1. The third kappa shape index (κ3) is 5.09. The van der Waals surface area contributed by atoms with Crippen LogP contribution in [0.1, 0.15) is 58.8 Å². The number of thioether (sulfide) groups is 1. The van der Waals surface area contributed by atoms with Gasteiger partial charge in [-0.25, -0.2) is 4.98 Å². The van der Waals surface area contributed by atoms with E-state index in [2.05, 4.69) is 10.3 Å². The smallest absolute Gasteiger partial charge is 0.262 e. The highest BCUT2D eigenvalue weighted by Crippen LogP contribution is 2.25. The van der Waals surface area contributed by atoms with Crippen molar-refractivity contribution in [1.29, 1.82) is 0 Å². The number of carbonyl (C=O) groups is 1. The molecule has 1 atom stereocenters. The molecule has 1 aromatic carbocycles. The summed E-state index contributed by atoms with van der Waals surface area (Å²) in [6.07, 6.45) is 7.78. The Morgan fingerprint density at radius 1 is 1.32 bits per heavy atom. The zero-order valence-electron chi connectivity index (χ0n) is 16.5. The van der Waals surface area contributed by atoms with Crippen molar-refractivity contribution in [2.45, 2.75) is 81.8 Å². The maximum atomic E-state index is 12.9. The lowest BCUT2D eigenvalue weighted by Gasteiger charge is -2.20. The van der Waals surface area contributed by atoms with Gasteiger partial charge in [-0.05, 0) is 44.4 Å². The molecule has 0 unspecified atom stereocenters. The van der Waals surface area contributed by atoms with Crippen molar-refractivity contribution in [3.63, 3.8) is 0 Å². The van der Waals surface area contributed by atoms with Crippen LogP contribution in [-0.2, 0) is 11.3 Å². The van der Waals surface area contributed by atoms with Crippen molar-refractivity contribution >= 4 is 40.2 Å². The predicted octanol–water partition coefficient (Wildman–Crippen LogP) is 4.78. The zero-order chi connectivity index (χ0) is 20.1. The lowest BCUT2D eigenvalue weighted by Crippen LogP contribution is -2.39. The number of nitrogens with one attached hydrogen (secondary N) is 1. The Balaban J connectivity index is 1.82. The summed E-state index contributed by atoms with van der Waals surface area (Å²) in [5.41, 5.74) is 0.492. The van der Waals surface area contributed by atoms with Crippen LogP contribution in [0.15, 0.2) is 28.2 Å². The van der Waals surface area contributed by atoms with Crippen molar-refractivity contribution in [3.8, 4) is 0 Å². The van der Waals surface area contributed by atoms with E-state index in [1.165, 1.54) is 37.4 Å². The van der Waals surface area contributed by atoms with Gasteiger partial charge in [-0.2, -0.15) is 0 Å². The van der Waals surface area contributed by atoms with Crippen LogP contribution in [0.25, 0.3) is 10.9 Å². The molecule has 0 aliphatic heterocycles. The van der Waals surface area contributed by atoms with Crippen LogP contribution in [0.5, 0.6) is 0 Å². The average Bonchev–Trinajstić information content (AvgIpc) is 2.93. The zero-order valence-corrected chi connectivity index (χ0v) is 18.1. The Kier molecular flexibility index (Phi) is 7.41. The van der Waals surface area contributed by atoms with Gasteiger partial charge in [-0.3, -0.25) is 14.2 Å². The van der Waals surface area contributed by atoms with Crippen molar-refractivity contribution in [2.75, 3.05) is 0 Å². The normalized spacial score (nSPS) is 16.7. The minimum Gasteiger partial charge on any atom is -0.352 e. The molecule has 0 spiro atoms. The Morgan fingerprint density at radius 2 is 2.04 bits per heavy atom. The number of halogens is 1. The first-order valence-electron chi connectivity index (χ1n) is 10.2. The summed E-state index contributed by atoms with van der Waals surface area (Å²) < 4.78 is 1.68.